The van der Waals surface area contributed by atoms with Gasteiger partial charge in [-0.1, -0.05) is 69.3 Å². The molecule has 2 fully saturated rings. The Kier molecular flexibility index (Phi) is 7.23. The third-order valence-electron chi connectivity index (χ3n) is 9.94. The molecule has 0 saturated heterocycles. The van der Waals surface area contributed by atoms with E-state index in [1.165, 1.54) is 0 Å². The first-order valence-electron chi connectivity index (χ1n) is 14.1. The van der Waals surface area contributed by atoms with E-state index in [-0.39, 0.29) is 35.9 Å². The predicted octanol–water partition coefficient (Wildman–Crippen LogP) is 5.13. The zero-order valence-electron chi connectivity index (χ0n) is 23.4. The molecule has 7 heteroatoms. The number of ether oxygens (including phenoxy) is 1. The van der Waals surface area contributed by atoms with Gasteiger partial charge in [-0.05, 0) is 61.1 Å². The summed E-state index contributed by atoms with van der Waals surface area (Å²) in [4.78, 5) is 30.5. The van der Waals surface area contributed by atoms with Crippen molar-refractivity contribution in [3.05, 3.63) is 71.9 Å². The van der Waals surface area contributed by atoms with Gasteiger partial charge in [-0.25, -0.2) is 4.79 Å². The van der Waals surface area contributed by atoms with Crippen LogP contribution in [0.4, 0.5) is 4.79 Å². The number of aliphatic hydroxyl groups is 1. The van der Waals surface area contributed by atoms with E-state index in [9.17, 15) is 14.7 Å². The molecule has 3 aromatic rings. The molecule has 7 nitrogen and oxygen atoms in total. The number of aromatic nitrogens is 1. The average Bonchev–Trinajstić information content (AvgIpc) is 3.47. The molecule has 1 heterocycles. The number of carbonyl (C=O) groups is 2. The molecular weight excluding hydrogens is 490 g/mol. The number of aliphatic hydroxyl groups excluding tert-OH is 1. The van der Waals surface area contributed by atoms with Crippen LogP contribution in [0.5, 0.6) is 0 Å². The minimum absolute atomic E-state index is 0.0812. The Morgan fingerprint density at radius 1 is 1.13 bits per heavy atom. The van der Waals surface area contributed by atoms with Crippen molar-refractivity contribution in [2.24, 2.45) is 16.7 Å². The molecule has 0 radical (unpaired) electrons. The number of rotatable bonds is 9. The number of benzene rings is 2. The van der Waals surface area contributed by atoms with Crippen molar-refractivity contribution in [2.75, 3.05) is 6.61 Å². The fourth-order valence-corrected chi connectivity index (χ4v) is 6.94. The van der Waals surface area contributed by atoms with Crippen LogP contribution in [0.25, 0.3) is 10.9 Å². The first kappa shape index (κ1) is 27.3. The van der Waals surface area contributed by atoms with Gasteiger partial charge in [-0.2, -0.15) is 0 Å². The molecule has 5 rings (SSSR count). The van der Waals surface area contributed by atoms with Crippen molar-refractivity contribution in [1.29, 1.82) is 0 Å². The molecule has 39 heavy (non-hydrogen) atoms. The highest BCUT2D eigenvalue weighted by atomic mass is 16.6. The molecule has 2 saturated carbocycles. The minimum Gasteiger partial charge on any atom is -0.446 e. The van der Waals surface area contributed by atoms with E-state index >= 15 is 0 Å². The number of aromatic amines is 1. The minimum atomic E-state index is -1.31. The van der Waals surface area contributed by atoms with Crippen molar-refractivity contribution in [2.45, 2.75) is 77.5 Å². The van der Waals surface area contributed by atoms with E-state index < -0.39 is 17.7 Å². The van der Waals surface area contributed by atoms with Crippen LogP contribution in [0.1, 0.15) is 58.1 Å². The Hall–Kier alpha value is -3.32. The molecule has 2 amide bonds. The summed E-state index contributed by atoms with van der Waals surface area (Å²) in [6.07, 6.45) is 4.91. The topological polar surface area (TPSA) is 103 Å². The highest BCUT2D eigenvalue weighted by Gasteiger charge is 2.63. The van der Waals surface area contributed by atoms with Gasteiger partial charge in [0.05, 0.1) is 12.6 Å². The van der Waals surface area contributed by atoms with Gasteiger partial charge in [0.1, 0.15) is 11.6 Å². The number of hydrogen-bond donors (Lipinski definition) is 4. The summed E-state index contributed by atoms with van der Waals surface area (Å²) in [5, 5.41) is 17.0. The second kappa shape index (κ2) is 10.3. The van der Waals surface area contributed by atoms with E-state index in [0.29, 0.717) is 12.3 Å². The van der Waals surface area contributed by atoms with Crippen LogP contribution in [-0.4, -0.2) is 46.4 Å². The molecule has 4 N–H and O–H groups in total. The number of fused-ring (bicyclic) bond motifs is 3. The summed E-state index contributed by atoms with van der Waals surface area (Å²) in [7, 11) is 0. The first-order chi connectivity index (χ1) is 18.6. The molecule has 0 spiro atoms. The van der Waals surface area contributed by atoms with Gasteiger partial charge in [-0.15, -0.1) is 0 Å². The van der Waals surface area contributed by atoms with Gasteiger partial charge in [0.2, 0.25) is 5.91 Å². The fourth-order valence-electron chi connectivity index (χ4n) is 6.94. The van der Waals surface area contributed by atoms with Crippen molar-refractivity contribution in [3.63, 3.8) is 0 Å². The molecule has 0 unspecified atom stereocenters. The first-order valence-corrected chi connectivity index (χ1v) is 14.1. The molecule has 2 aromatic carbocycles. The van der Waals surface area contributed by atoms with Crippen LogP contribution in [0.15, 0.2) is 60.8 Å². The molecule has 2 aliphatic carbocycles. The number of para-hydroxylation sites is 1. The van der Waals surface area contributed by atoms with E-state index in [4.69, 9.17) is 4.74 Å². The smallest absolute Gasteiger partial charge is 0.408 e. The number of hydrogen-bond acceptors (Lipinski definition) is 4. The Bertz CT molecular complexity index is 1340. The molecule has 1 aromatic heterocycles. The zero-order chi connectivity index (χ0) is 27.8. The summed E-state index contributed by atoms with van der Waals surface area (Å²) < 4.78 is 6.08. The summed E-state index contributed by atoms with van der Waals surface area (Å²) in [5.74, 6) is 0.170. The molecule has 5 atom stereocenters. The van der Waals surface area contributed by atoms with Gasteiger partial charge in [0, 0.05) is 28.9 Å². The number of H-pyrrole nitrogens is 1. The predicted molar refractivity (Wildman–Crippen MR) is 152 cm³/mol. The molecule has 208 valence electrons. The second-order valence-electron chi connectivity index (χ2n) is 12.5. The third kappa shape index (κ3) is 5.05. The van der Waals surface area contributed by atoms with E-state index in [1.54, 1.807) is 6.92 Å². The lowest BCUT2D eigenvalue weighted by Gasteiger charge is -2.39. The van der Waals surface area contributed by atoms with E-state index in [2.05, 4.69) is 36.4 Å². The summed E-state index contributed by atoms with van der Waals surface area (Å²) >= 11 is 0. The van der Waals surface area contributed by atoms with Crippen molar-refractivity contribution >= 4 is 22.9 Å². The lowest BCUT2D eigenvalue weighted by Crippen LogP contribution is -2.61. The van der Waals surface area contributed by atoms with Gasteiger partial charge in [0.15, 0.2) is 0 Å². The van der Waals surface area contributed by atoms with E-state index in [0.717, 1.165) is 41.3 Å². The van der Waals surface area contributed by atoms with Crippen LogP contribution >= 0.6 is 0 Å². The molecule has 2 aliphatic rings. The van der Waals surface area contributed by atoms with Crippen LogP contribution < -0.4 is 10.6 Å². The normalized spacial score (nSPS) is 25.7. The van der Waals surface area contributed by atoms with Crippen LogP contribution in [0.2, 0.25) is 0 Å². The number of nitrogens with one attached hydrogen (secondary N) is 3. The maximum atomic E-state index is 13.9. The van der Waals surface area contributed by atoms with Gasteiger partial charge in [0.25, 0.3) is 0 Å². The summed E-state index contributed by atoms with van der Waals surface area (Å²) in [6.45, 7) is 8.30. The summed E-state index contributed by atoms with van der Waals surface area (Å²) in [5.41, 5.74) is 1.61. The van der Waals surface area contributed by atoms with Gasteiger partial charge in [-0.3, -0.25) is 4.79 Å². The number of carbonyl (C=O) groups excluding carboxylic acids is 2. The Balaban J connectivity index is 1.36. The zero-order valence-corrected chi connectivity index (χ0v) is 23.4. The van der Waals surface area contributed by atoms with Gasteiger partial charge >= 0.3 is 6.09 Å². The van der Waals surface area contributed by atoms with Crippen molar-refractivity contribution in [3.8, 4) is 0 Å². The Labute approximate surface area is 230 Å². The Morgan fingerprint density at radius 3 is 2.51 bits per heavy atom. The van der Waals surface area contributed by atoms with Gasteiger partial charge < -0.3 is 25.5 Å². The second-order valence-corrected chi connectivity index (χ2v) is 12.5. The largest absolute Gasteiger partial charge is 0.446 e. The number of amides is 2. The quantitative estimate of drug-likeness (QED) is 0.307. The van der Waals surface area contributed by atoms with Crippen molar-refractivity contribution in [1.82, 2.24) is 15.6 Å². The lowest BCUT2D eigenvalue weighted by molar-refractivity contribution is -0.128. The molecule has 2 bridgehead atoms. The molecule has 0 aliphatic heterocycles. The van der Waals surface area contributed by atoms with Crippen LogP contribution in [0, 0.1) is 16.7 Å². The summed E-state index contributed by atoms with van der Waals surface area (Å²) in [6, 6.07) is 17.1. The lowest BCUT2D eigenvalue weighted by atomic mass is 9.70. The standard InChI is InChI=1S/C32H41N3O4/c1-30(2)23-14-15-31(30,3)27(17-23)39-29(38)35-32(4,18-22-19-33-26-13-9-8-12-25(22)26)28(37)34-24(20-36)16-21-10-6-5-7-11-21/h5-13,19,23-24,27,33,36H,14-18,20H2,1-4H3,(H,34,37)(H,35,38)/t23-,24-,27+,31+,32+/m0/s1. The number of alkyl carbamates (subject to hydrolysis) is 1. The van der Waals surface area contributed by atoms with Crippen molar-refractivity contribution < 1.29 is 19.4 Å². The maximum Gasteiger partial charge on any atom is 0.408 e. The maximum absolute atomic E-state index is 13.9. The average molecular weight is 532 g/mol. The molecular formula is C32H41N3O4. The highest BCUT2D eigenvalue weighted by molar-refractivity contribution is 5.91. The monoisotopic (exact) mass is 531 g/mol. The fraction of sp³-hybridized carbons (Fsp3) is 0.500. The Morgan fingerprint density at radius 2 is 1.85 bits per heavy atom. The van der Waals surface area contributed by atoms with Crippen LogP contribution in [0.3, 0.4) is 0 Å². The highest BCUT2D eigenvalue weighted by Crippen LogP contribution is 2.66. The third-order valence-corrected chi connectivity index (χ3v) is 9.94. The van der Waals surface area contributed by atoms with E-state index in [1.807, 2.05) is 60.8 Å². The SMILES string of the molecule is CC1(C)[C@H]2CC[C@]1(C)[C@H](OC(=O)N[C@](C)(Cc1c[nH]c3ccccc13)C(=O)N[C@H](CO)Cc1ccccc1)C2. The van der Waals surface area contributed by atoms with Crippen LogP contribution in [-0.2, 0) is 22.4 Å².